The topological polar surface area (TPSA) is 118 Å². The highest BCUT2D eigenvalue weighted by Crippen LogP contribution is 2.38. The van der Waals surface area contributed by atoms with E-state index in [0.29, 0.717) is 35.7 Å². The van der Waals surface area contributed by atoms with Crippen molar-refractivity contribution in [2.45, 2.75) is 45.1 Å². The summed E-state index contributed by atoms with van der Waals surface area (Å²) in [5.74, 6) is 0.318. The predicted molar refractivity (Wildman–Crippen MR) is 109 cm³/mol. The molecule has 3 aromatic rings. The maximum atomic E-state index is 13.3. The first-order valence-electron chi connectivity index (χ1n) is 9.90. The van der Waals surface area contributed by atoms with Gasteiger partial charge in [0, 0.05) is 23.2 Å². The average Bonchev–Trinajstić information content (AvgIpc) is 3.53. The van der Waals surface area contributed by atoms with E-state index in [1.165, 1.54) is 6.20 Å². The molecule has 1 atom stereocenters. The van der Waals surface area contributed by atoms with Crippen molar-refractivity contribution in [3.8, 4) is 6.07 Å². The molecule has 0 bridgehead atoms. The Morgan fingerprint density at radius 3 is 2.87 bits per heavy atom. The lowest BCUT2D eigenvalue weighted by atomic mass is 10.0. The minimum absolute atomic E-state index is 0.116. The van der Waals surface area contributed by atoms with Gasteiger partial charge in [0.05, 0.1) is 42.2 Å². The molecule has 1 amide bonds. The van der Waals surface area contributed by atoms with E-state index in [9.17, 15) is 4.79 Å². The van der Waals surface area contributed by atoms with Crippen LogP contribution in [0, 0.1) is 11.3 Å². The molecule has 3 aromatic heterocycles. The van der Waals surface area contributed by atoms with Crippen molar-refractivity contribution in [3.63, 3.8) is 0 Å². The number of carbonyl (C=O) groups excluding carboxylic acids is 1. The van der Waals surface area contributed by atoms with E-state index in [0.717, 1.165) is 35.0 Å². The summed E-state index contributed by atoms with van der Waals surface area (Å²) in [5.41, 5.74) is 10.3. The van der Waals surface area contributed by atoms with Gasteiger partial charge in [-0.15, -0.1) is 0 Å². The summed E-state index contributed by atoms with van der Waals surface area (Å²) in [6.45, 7) is 2.77. The van der Waals surface area contributed by atoms with Gasteiger partial charge >= 0.3 is 0 Å². The number of hydrogen-bond donors (Lipinski definition) is 1. The summed E-state index contributed by atoms with van der Waals surface area (Å²) in [7, 11) is 0. The zero-order valence-electron chi connectivity index (χ0n) is 16.5. The molecule has 1 fully saturated rings. The number of carbonyl (C=O) groups is 1. The molecule has 4 heterocycles. The second-order valence-corrected chi connectivity index (χ2v) is 7.74. The molecule has 1 saturated carbocycles. The van der Waals surface area contributed by atoms with Crippen molar-refractivity contribution >= 4 is 22.6 Å². The molecule has 8 heteroatoms. The first kappa shape index (κ1) is 18.5. The Morgan fingerprint density at radius 2 is 2.17 bits per heavy atom. The number of nitrogens with two attached hydrogens (primary N) is 1. The van der Waals surface area contributed by atoms with E-state index in [2.05, 4.69) is 21.0 Å². The molecule has 30 heavy (non-hydrogen) atoms. The van der Waals surface area contributed by atoms with Gasteiger partial charge in [-0.1, -0.05) is 0 Å². The number of fused-ring (bicyclic) bond motifs is 3. The molecule has 0 spiro atoms. The van der Waals surface area contributed by atoms with Crippen LogP contribution in [0.5, 0.6) is 0 Å². The average molecular weight is 400 g/mol. The van der Waals surface area contributed by atoms with E-state index in [4.69, 9.17) is 15.7 Å². The highest BCUT2D eigenvalue weighted by atomic mass is 16.5. The normalized spacial score (nSPS) is 17.5. The van der Waals surface area contributed by atoms with Gasteiger partial charge in [-0.3, -0.25) is 9.78 Å². The van der Waals surface area contributed by atoms with Crippen molar-refractivity contribution in [2.24, 2.45) is 0 Å². The Kier molecular flexibility index (Phi) is 4.33. The molecule has 0 radical (unpaired) electrons. The molecule has 0 unspecified atom stereocenters. The van der Waals surface area contributed by atoms with Crippen LogP contribution in [0.2, 0.25) is 0 Å². The van der Waals surface area contributed by atoms with Crippen molar-refractivity contribution in [1.82, 2.24) is 19.9 Å². The number of hydrogen-bond acceptors (Lipinski definition) is 7. The Hall–Kier alpha value is -3.57. The van der Waals surface area contributed by atoms with Crippen LogP contribution in [0.15, 0.2) is 30.6 Å². The van der Waals surface area contributed by atoms with Crippen molar-refractivity contribution < 1.29 is 9.53 Å². The fourth-order valence-corrected chi connectivity index (χ4v) is 3.95. The standard InChI is InChI=1S/C22H20N6O2/c1-12-20-17(11-30-12)16-6-18(26-9-19(16)27-21(20)24)22(29)28(15-4-5-15)10-14-3-2-13(7-23)8-25-14/h2-3,6,8-9,12,15H,4-5,10-11H2,1H3,(H2,24,27)/t12-/m1/s1. The summed E-state index contributed by atoms with van der Waals surface area (Å²) in [4.78, 5) is 28.3. The van der Waals surface area contributed by atoms with Crippen LogP contribution in [-0.4, -0.2) is 31.8 Å². The third-order valence-electron chi connectivity index (χ3n) is 5.69. The molecular weight excluding hydrogens is 380 g/mol. The molecule has 2 aliphatic rings. The summed E-state index contributed by atoms with van der Waals surface area (Å²) >= 11 is 0. The van der Waals surface area contributed by atoms with E-state index in [1.807, 2.05) is 11.8 Å². The Bertz CT molecular complexity index is 1200. The van der Waals surface area contributed by atoms with Gasteiger partial charge in [-0.25, -0.2) is 9.97 Å². The lowest BCUT2D eigenvalue weighted by Gasteiger charge is -2.22. The first-order valence-corrected chi connectivity index (χ1v) is 9.90. The van der Waals surface area contributed by atoms with Crippen LogP contribution in [0.1, 0.15) is 58.7 Å². The van der Waals surface area contributed by atoms with E-state index >= 15 is 0 Å². The number of anilines is 1. The van der Waals surface area contributed by atoms with E-state index in [-0.39, 0.29) is 18.1 Å². The van der Waals surface area contributed by atoms with Gasteiger partial charge < -0.3 is 15.4 Å². The van der Waals surface area contributed by atoms with E-state index < -0.39 is 0 Å². The summed E-state index contributed by atoms with van der Waals surface area (Å²) < 4.78 is 5.74. The monoisotopic (exact) mass is 400 g/mol. The first-order chi connectivity index (χ1) is 14.5. The van der Waals surface area contributed by atoms with Gasteiger partial charge in [-0.2, -0.15) is 5.26 Å². The Balaban J connectivity index is 1.49. The number of rotatable bonds is 4. The Morgan fingerprint density at radius 1 is 1.33 bits per heavy atom. The number of ether oxygens (including phenoxy) is 1. The molecule has 2 N–H and O–H groups in total. The second-order valence-electron chi connectivity index (χ2n) is 7.74. The van der Waals surface area contributed by atoms with Crippen LogP contribution in [0.4, 0.5) is 5.82 Å². The predicted octanol–water partition coefficient (Wildman–Crippen LogP) is 2.87. The van der Waals surface area contributed by atoms with Gasteiger partial charge in [0.15, 0.2) is 0 Å². The molecule has 0 aromatic carbocycles. The number of aromatic nitrogens is 3. The highest BCUT2D eigenvalue weighted by Gasteiger charge is 2.34. The Labute approximate surface area is 173 Å². The van der Waals surface area contributed by atoms with Crippen LogP contribution in [0.25, 0.3) is 10.9 Å². The third-order valence-corrected chi connectivity index (χ3v) is 5.69. The molecule has 150 valence electrons. The fourth-order valence-electron chi connectivity index (χ4n) is 3.95. The summed E-state index contributed by atoms with van der Waals surface area (Å²) in [5, 5.41) is 9.80. The molecule has 5 rings (SSSR count). The minimum Gasteiger partial charge on any atom is -0.383 e. The van der Waals surface area contributed by atoms with Crippen molar-refractivity contribution in [3.05, 3.63) is 58.7 Å². The number of amides is 1. The molecule has 1 aliphatic heterocycles. The third kappa shape index (κ3) is 3.13. The van der Waals surface area contributed by atoms with Gasteiger partial charge in [0.1, 0.15) is 17.6 Å². The molecule has 8 nitrogen and oxygen atoms in total. The quantitative estimate of drug-likeness (QED) is 0.715. The lowest BCUT2D eigenvalue weighted by molar-refractivity contribution is 0.0721. The lowest BCUT2D eigenvalue weighted by Crippen LogP contribution is -2.33. The molecular formula is C22H20N6O2. The number of nitrogens with zero attached hydrogens (tertiary/aromatic N) is 5. The van der Waals surface area contributed by atoms with Crippen molar-refractivity contribution in [2.75, 3.05) is 5.73 Å². The number of nitrogen functional groups attached to an aromatic ring is 1. The number of nitriles is 1. The SMILES string of the molecule is C[C@H]1OCc2c1c(N)nc1cnc(C(=O)N(Cc3ccc(C#N)cn3)C3CC3)cc21. The smallest absolute Gasteiger partial charge is 0.273 e. The van der Waals surface area contributed by atoms with Crippen LogP contribution in [-0.2, 0) is 17.9 Å². The van der Waals surface area contributed by atoms with Crippen molar-refractivity contribution in [1.29, 1.82) is 5.26 Å². The molecule has 1 aliphatic carbocycles. The maximum Gasteiger partial charge on any atom is 0.273 e. The van der Waals surface area contributed by atoms with Crippen LogP contribution in [0.3, 0.4) is 0 Å². The largest absolute Gasteiger partial charge is 0.383 e. The van der Waals surface area contributed by atoms with Gasteiger partial charge in [0.2, 0.25) is 0 Å². The fraction of sp³-hybridized carbons (Fsp3) is 0.318. The molecule has 0 saturated heterocycles. The van der Waals surface area contributed by atoms with Gasteiger partial charge in [0.25, 0.3) is 5.91 Å². The van der Waals surface area contributed by atoms with E-state index in [1.54, 1.807) is 24.4 Å². The minimum atomic E-state index is -0.136. The second kappa shape index (κ2) is 7.04. The zero-order chi connectivity index (χ0) is 20.8. The maximum absolute atomic E-state index is 13.3. The zero-order valence-corrected chi connectivity index (χ0v) is 16.5. The highest BCUT2D eigenvalue weighted by molar-refractivity contribution is 5.97. The van der Waals surface area contributed by atoms with Crippen LogP contribution < -0.4 is 5.73 Å². The number of pyridine rings is 3. The summed E-state index contributed by atoms with van der Waals surface area (Å²) in [6, 6.07) is 7.54. The van der Waals surface area contributed by atoms with Crippen LogP contribution >= 0.6 is 0 Å². The van der Waals surface area contributed by atoms with Gasteiger partial charge in [-0.05, 0) is 43.5 Å². The summed E-state index contributed by atoms with van der Waals surface area (Å²) in [6.07, 6.45) is 4.95.